The maximum atomic E-state index is 13.2. The molecule has 7 rings (SSSR count). The van der Waals surface area contributed by atoms with Gasteiger partial charge in [0.25, 0.3) is 5.91 Å². The zero-order valence-corrected chi connectivity index (χ0v) is 28.0. The number of carbonyl (C=O) groups excluding carboxylic acids is 1. The first-order chi connectivity index (χ1) is 23.0. The molecule has 1 amide bonds. The van der Waals surface area contributed by atoms with Crippen LogP contribution >= 0.6 is 0 Å². The number of para-hydroxylation sites is 1. The van der Waals surface area contributed by atoms with Crippen LogP contribution in [-0.2, 0) is 13.1 Å². The van der Waals surface area contributed by atoms with Gasteiger partial charge in [0.15, 0.2) is 0 Å². The lowest BCUT2D eigenvalue weighted by molar-refractivity contribution is 0.0797. The van der Waals surface area contributed by atoms with E-state index in [0.717, 1.165) is 57.6 Å². The van der Waals surface area contributed by atoms with Crippen molar-refractivity contribution in [3.63, 3.8) is 0 Å². The summed E-state index contributed by atoms with van der Waals surface area (Å²) in [5.74, 6) is 0.769. The van der Waals surface area contributed by atoms with Gasteiger partial charge >= 0.3 is 0 Å². The number of aromatic nitrogens is 1. The van der Waals surface area contributed by atoms with Crippen molar-refractivity contribution in [2.75, 3.05) is 33.7 Å². The SMILES string of the molecule is CN(C)C1(CNC(=O)c2cccc(OC3CCN(Cc4ccc5c(c4)c4ccccc4n5Cc4ccccc4)CC3)c2)CCCCC1. The molecular formula is C41H48N4O2. The molecule has 2 fully saturated rings. The number of carbonyl (C=O) groups is 1. The molecular weight excluding hydrogens is 580 g/mol. The van der Waals surface area contributed by atoms with Crippen LogP contribution in [0.25, 0.3) is 21.8 Å². The minimum atomic E-state index is -0.0165. The number of rotatable bonds is 10. The Balaban J connectivity index is 0.958. The Morgan fingerprint density at radius 1 is 0.787 bits per heavy atom. The highest BCUT2D eigenvalue weighted by molar-refractivity contribution is 6.08. The predicted octanol–water partition coefficient (Wildman–Crippen LogP) is 7.88. The number of nitrogens with zero attached hydrogens (tertiary/aromatic N) is 3. The van der Waals surface area contributed by atoms with Crippen LogP contribution in [0.1, 0.15) is 66.4 Å². The van der Waals surface area contributed by atoms with Gasteiger partial charge in [0.05, 0.1) is 0 Å². The largest absolute Gasteiger partial charge is 0.490 e. The number of amides is 1. The third-order valence-corrected chi connectivity index (χ3v) is 10.7. The molecule has 0 spiro atoms. The summed E-state index contributed by atoms with van der Waals surface area (Å²) in [6.45, 7) is 4.47. The van der Waals surface area contributed by atoms with Crippen LogP contribution in [0.4, 0.5) is 0 Å². The van der Waals surface area contributed by atoms with Crippen molar-refractivity contribution in [2.45, 2.75) is 69.7 Å². The molecule has 6 nitrogen and oxygen atoms in total. The van der Waals surface area contributed by atoms with E-state index in [9.17, 15) is 4.79 Å². The molecule has 47 heavy (non-hydrogen) atoms. The third kappa shape index (κ3) is 6.95. The van der Waals surface area contributed by atoms with Crippen molar-refractivity contribution in [2.24, 2.45) is 0 Å². The number of benzene rings is 4. The van der Waals surface area contributed by atoms with E-state index in [2.05, 4.69) is 107 Å². The molecule has 0 radical (unpaired) electrons. The molecule has 6 heteroatoms. The third-order valence-electron chi connectivity index (χ3n) is 10.7. The topological polar surface area (TPSA) is 49.7 Å². The molecule has 4 aromatic carbocycles. The molecule has 1 aliphatic carbocycles. The number of likely N-dealkylation sites (N-methyl/N-ethyl adjacent to an activating group) is 1. The first-order valence-electron chi connectivity index (χ1n) is 17.5. The number of fused-ring (bicyclic) bond motifs is 3. The minimum Gasteiger partial charge on any atom is -0.490 e. The lowest BCUT2D eigenvalue weighted by Gasteiger charge is -2.43. The maximum absolute atomic E-state index is 13.2. The van der Waals surface area contributed by atoms with Crippen molar-refractivity contribution in [1.82, 2.24) is 19.7 Å². The van der Waals surface area contributed by atoms with E-state index < -0.39 is 0 Å². The second kappa shape index (κ2) is 13.9. The Bertz CT molecular complexity index is 1810. The molecule has 1 aliphatic heterocycles. The average molecular weight is 629 g/mol. The highest BCUT2D eigenvalue weighted by atomic mass is 16.5. The predicted molar refractivity (Wildman–Crippen MR) is 192 cm³/mol. The van der Waals surface area contributed by atoms with E-state index in [1.54, 1.807) is 0 Å². The second-order valence-electron chi connectivity index (χ2n) is 13.9. The minimum absolute atomic E-state index is 0.0165. The lowest BCUT2D eigenvalue weighted by atomic mass is 9.80. The summed E-state index contributed by atoms with van der Waals surface area (Å²) in [7, 11) is 4.28. The van der Waals surface area contributed by atoms with Gasteiger partial charge in [-0.3, -0.25) is 9.69 Å². The van der Waals surface area contributed by atoms with E-state index in [-0.39, 0.29) is 17.6 Å². The Morgan fingerprint density at radius 3 is 2.32 bits per heavy atom. The van der Waals surface area contributed by atoms with Gasteiger partial charge in [-0.25, -0.2) is 0 Å². The van der Waals surface area contributed by atoms with Crippen LogP contribution in [-0.4, -0.2) is 65.6 Å². The summed E-state index contributed by atoms with van der Waals surface area (Å²) in [6.07, 6.45) is 8.12. The second-order valence-corrected chi connectivity index (χ2v) is 13.9. The molecule has 244 valence electrons. The Hall–Kier alpha value is -4.13. The Kier molecular flexibility index (Phi) is 9.32. The fraction of sp³-hybridized carbons (Fsp3) is 0.390. The summed E-state index contributed by atoms with van der Waals surface area (Å²) >= 11 is 0. The van der Waals surface area contributed by atoms with Crippen LogP contribution in [0, 0.1) is 0 Å². The van der Waals surface area contributed by atoms with Gasteiger partial charge in [-0.1, -0.05) is 79.9 Å². The van der Waals surface area contributed by atoms with Crippen LogP contribution in [0.2, 0.25) is 0 Å². The highest BCUT2D eigenvalue weighted by Gasteiger charge is 2.34. The zero-order valence-electron chi connectivity index (χ0n) is 28.0. The van der Waals surface area contributed by atoms with Crippen molar-refractivity contribution < 1.29 is 9.53 Å². The smallest absolute Gasteiger partial charge is 0.251 e. The van der Waals surface area contributed by atoms with Gasteiger partial charge in [0.1, 0.15) is 11.9 Å². The molecule has 1 saturated heterocycles. The standard InChI is InChI=1S/C41H48N4O2/c1-43(2)41(22-9-4-10-23-41)30-42-40(46)33-14-11-15-35(27-33)47-34-20-24-44(25-21-34)28-32-18-19-39-37(26-32)36-16-7-8-17-38(36)45(39)29-31-12-5-3-6-13-31/h3,5-8,11-19,26-27,34H,4,9-10,20-25,28-30H2,1-2H3,(H,42,46). The number of nitrogens with one attached hydrogen (secondary N) is 1. The fourth-order valence-corrected chi connectivity index (χ4v) is 7.82. The quantitative estimate of drug-likeness (QED) is 0.171. The number of hydrogen-bond acceptors (Lipinski definition) is 4. The molecule has 1 saturated carbocycles. The van der Waals surface area contributed by atoms with Gasteiger partial charge in [0.2, 0.25) is 0 Å². The number of ether oxygens (including phenoxy) is 1. The van der Waals surface area contributed by atoms with Crippen LogP contribution in [0.3, 0.4) is 0 Å². The Morgan fingerprint density at radius 2 is 1.53 bits per heavy atom. The van der Waals surface area contributed by atoms with Crippen LogP contribution in [0.5, 0.6) is 5.75 Å². The van der Waals surface area contributed by atoms with E-state index >= 15 is 0 Å². The first kappa shape index (κ1) is 31.5. The van der Waals surface area contributed by atoms with Crippen LogP contribution in [0.15, 0.2) is 97.1 Å². The molecule has 0 bridgehead atoms. The Labute approximate surface area is 279 Å². The van der Waals surface area contributed by atoms with Crippen molar-refractivity contribution in [3.8, 4) is 5.75 Å². The number of hydrogen-bond donors (Lipinski definition) is 1. The summed E-state index contributed by atoms with van der Waals surface area (Å²) in [5.41, 5.74) is 5.96. The maximum Gasteiger partial charge on any atom is 0.251 e. The van der Waals surface area contributed by atoms with Gasteiger partial charge in [0, 0.05) is 65.6 Å². The monoisotopic (exact) mass is 628 g/mol. The average Bonchev–Trinajstić information content (AvgIpc) is 3.41. The molecule has 0 atom stereocenters. The van der Waals surface area contributed by atoms with Crippen molar-refractivity contribution in [1.29, 1.82) is 0 Å². The summed E-state index contributed by atoms with van der Waals surface area (Å²) < 4.78 is 8.88. The van der Waals surface area contributed by atoms with Gasteiger partial charge in [-0.05, 0) is 87.3 Å². The zero-order chi connectivity index (χ0) is 32.2. The molecule has 5 aromatic rings. The van der Waals surface area contributed by atoms with Gasteiger partial charge in [-0.15, -0.1) is 0 Å². The lowest BCUT2D eigenvalue weighted by Crippen LogP contribution is -2.53. The molecule has 1 aromatic heterocycles. The molecule has 2 aliphatic rings. The highest BCUT2D eigenvalue weighted by Crippen LogP contribution is 2.33. The molecule has 2 heterocycles. The van der Waals surface area contributed by atoms with Crippen LogP contribution < -0.4 is 10.1 Å². The van der Waals surface area contributed by atoms with Gasteiger partial charge < -0.3 is 19.5 Å². The fourth-order valence-electron chi connectivity index (χ4n) is 7.82. The molecule has 1 N–H and O–H groups in total. The normalized spacial score (nSPS) is 17.3. The number of piperidine rings is 1. The van der Waals surface area contributed by atoms with E-state index in [0.29, 0.717) is 12.1 Å². The molecule has 0 unspecified atom stereocenters. The van der Waals surface area contributed by atoms with Gasteiger partial charge in [-0.2, -0.15) is 0 Å². The summed E-state index contributed by atoms with van der Waals surface area (Å²) in [6, 6.07) is 34.2. The summed E-state index contributed by atoms with van der Waals surface area (Å²) in [5, 5.41) is 5.88. The van der Waals surface area contributed by atoms with E-state index in [1.165, 1.54) is 52.2 Å². The first-order valence-corrected chi connectivity index (χ1v) is 17.5. The summed E-state index contributed by atoms with van der Waals surface area (Å²) in [4.78, 5) is 18.0. The number of likely N-dealkylation sites (tertiary alicyclic amines) is 1. The van der Waals surface area contributed by atoms with Crippen molar-refractivity contribution >= 4 is 27.7 Å². The van der Waals surface area contributed by atoms with Crippen molar-refractivity contribution in [3.05, 3.63) is 114 Å². The van der Waals surface area contributed by atoms with E-state index in [4.69, 9.17) is 4.74 Å². The van der Waals surface area contributed by atoms with E-state index in [1.807, 2.05) is 24.3 Å².